The number of aromatic nitrogens is 1. The predicted octanol–water partition coefficient (Wildman–Crippen LogP) is 3.59. The normalized spacial score (nSPS) is 25.9. The van der Waals surface area contributed by atoms with Crippen molar-refractivity contribution in [2.24, 2.45) is 11.8 Å². The summed E-state index contributed by atoms with van der Waals surface area (Å²) in [5, 5.41) is 10.4. The van der Waals surface area contributed by atoms with Crippen molar-refractivity contribution in [1.29, 1.82) is 0 Å². The number of nitrogens with zero attached hydrogens (tertiary/aromatic N) is 1. The molecule has 1 aromatic rings. The van der Waals surface area contributed by atoms with Gasteiger partial charge in [-0.1, -0.05) is 38.7 Å². The first kappa shape index (κ1) is 13.5. The van der Waals surface area contributed by atoms with Gasteiger partial charge in [0, 0.05) is 12.4 Å². The first-order valence-electron chi connectivity index (χ1n) is 7.38. The van der Waals surface area contributed by atoms with Gasteiger partial charge in [-0.15, -0.1) is 0 Å². The van der Waals surface area contributed by atoms with Crippen LogP contribution in [0.25, 0.3) is 0 Å². The van der Waals surface area contributed by atoms with Crippen LogP contribution in [0.1, 0.15) is 51.0 Å². The van der Waals surface area contributed by atoms with E-state index in [0.717, 1.165) is 18.8 Å². The molecule has 1 aliphatic carbocycles. The van der Waals surface area contributed by atoms with E-state index in [0.29, 0.717) is 5.92 Å². The van der Waals surface area contributed by atoms with Gasteiger partial charge in [-0.2, -0.15) is 0 Å². The molecule has 0 bridgehead atoms. The van der Waals surface area contributed by atoms with Gasteiger partial charge in [0.25, 0.3) is 0 Å². The number of hydrogen-bond acceptors (Lipinski definition) is 2. The van der Waals surface area contributed by atoms with Crippen LogP contribution in [-0.4, -0.2) is 16.2 Å². The highest BCUT2D eigenvalue weighted by molar-refractivity contribution is 5.08. The molecule has 2 rings (SSSR count). The van der Waals surface area contributed by atoms with Gasteiger partial charge in [0.1, 0.15) is 0 Å². The zero-order valence-corrected chi connectivity index (χ0v) is 11.4. The summed E-state index contributed by atoms with van der Waals surface area (Å²) in [6.45, 7) is 2.26. The number of aliphatic hydroxyl groups excluding tert-OH is 1. The lowest BCUT2D eigenvalue weighted by Gasteiger charge is -2.34. The number of aryl methyl sites for hydroxylation is 1. The Morgan fingerprint density at radius 3 is 2.94 bits per heavy atom. The molecule has 1 saturated carbocycles. The van der Waals surface area contributed by atoms with Gasteiger partial charge in [0.05, 0.1) is 6.10 Å². The Labute approximate surface area is 110 Å². The van der Waals surface area contributed by atoms with Crippen LogP contribution in [0.5, 0.6) is 0 Å². The summed E-state index contributed by atoms with van der Waals surface area (Å²) in [4.78, 5) is 4.12. The third-order valence-corrected chi connectivity index (χ3v) is 4.44. The van der Waals surface area contributed by atoms with Crippen molar-refractivity contribution in [2.75, 3.05) is 0 Å². The van der Waals surface area contributed by atoms with Gasteiger partial charge in [-0.25, -0.2) is 0 Å². The SMILES string of the molecule is CCC1CCCCC1C(O)CCc1cccnc1. The van der Waals surface area contributed by atoms with Gasteiger partial charge in [0.15, 0.2) is 0 Å². The summed E-state index contributed by atoms with van der Waals surface area (Å²) >= 11 is 0. The third kappa shape index (κ3) is 3.55. The summed E-state index contributed by atoms with van der Waals surface area (Å²) in [6.07, 6.45) is 11.8. The number of rotatable bonds is 5. The van der Waals surface area contributed by atoms with E-state index < -0.39 is 0 Å². The van der Waals surface area contributed by atoms with E-state index in [-0.39, 0.29) is 6.10 Å². The molecule has 0 amide bonds. The Bertz CT molecular complexity index is 338. The van der Waals surface area contributed by atoms with Crippen LogP contribution in [0.3, 0.4) is 0 Å². The number of pyridine rings is 1. The molecule has 0 radical (unpaired) electrons. The number of aliphatic hydroxyl groups is 1. The molecule has 1 aromatic heterocycles. The minimum absolute atomic E-state index is 0.129. The lowest BCUT2D eigenvalue weighted by molar-refractivity contribution is 0.0403. The van der Waals surface area contributed by atoms with E-state index in [1.54, 1.807) is 6.20 Å². The van der Waals surface area contributed by atoms with Crippen molar-refractivity contribution in [3.05, 3.63) is 30.1 Å². The lowest BCUT2D eigenvalue weighted by atomic mass is 9.74. The van der Waals surface area contributed by atoms with Crippen LogP contribution in [0.2, 0.25) is 0 Å². The van der Waals surface area contributed by atoms with Gasteiger partial charge in [0.2, 0.25) is 0 Å². The molecule has 2 nitrogen and oxygen atoms in total. The molecule has 1 fully saturated rings. The molecule has 3 unspecified atom stereocenters. The maximum atomic E-state index is 10.4. The molecular weight excluding hydrogens is 222 g/mol. The fraction of sp³-hybridized carbons (Fsp3) is 0.688. The Morgan fingerprint density at radius 2 is 2.22 bits per heavy atom. The highest BCUT2D eigenvalue weighted by Gasteiger charge is 2.29. The van der Waals surface area contributed by atoms with Crippen LogP contribution in [-0.2, 0) is 6.42 Å². The molecule has 1 heterocycles. The van der Waals surface area contributed by atoms with Crippen molar-refractivity contribution >= 4 is 0 Å². The van der Waals surface area contributed by atoms with Crippen LogP contribution in [0.4, 0.5) is 0 Å². The van der Waals surface area contributed by atoms with Gasteiger partial charge in [-0.05, 0) is 42.7 Å². The fourth-order valence-electron chi connectivity index (χ4n) is 3.32. The molecule has 18 heavy (non-hydrogen) atoms. The quantitative estimate of drug-likeness (QED) is 0.862. The van der Waals surface area contributed by atoms with E-state index >= 15 is 0 Å². The van der Waals surface area contributed by atoms with E-state index in [2.05, 4.69) is 18.0 Å². The Hall–Kier alpha value is -0.890. The molecule has 3 atom stereocenters. The topological polar surface area (TPSA) is 33.1 Å². The minimum Gasteiger partial charge on any atom is -0.393 e. The van der Waals surface area contributed by atoms with Crippen molar-refractivity contribution in [1.82, 2.24) is 4.98 Å². The van der Waals surface area contributed by atoms with E-state index in [1.807, 2.05) is 12.3 Å². The Balaban J connectivity index is 1.85. The average Bonchev–Trinajstić information content (AvgIpc) is 2.45. The highest BCUT2D eigenvalue weighted by atomic mass is 16.3. The first-order chi connectivity index (χ1) is 8.81. The van der Waals surface area contributed by atoms with Crippen LogP contribution in [0.15, 0.2) is 24.5 Å². The van der Waals surface area contributed by atoms with Crippen LogP contribution < -0.4 is 0 Å². The minimum atomic E-state index is -0.129. The summed E-state index contributed by atoms with van der Waals surface area (Å²) in [7, 11) is 0. The molecule has 1 aliphatic rings. The molecule has 100 valence electrons. The molecular formula is C16H25NO. The Kier molecular flexibility index (Phi) is 5.18. The summed E-state index contributed by atoms with van der Waals surface area (Å²) in [5.41, 5.74) is 1.24. The molecule has 0 saturated heterocycles. The van der Waals surface area contributed by atoms with Gasteiger partial charge in [-0.3, -0.25) is 4.98 Å². The highest BCUT2D eigenvalue weighted by Crippen LogP contribution is 2.35. The van der Waals surface area contributed by atoms with Gasteiger partial charge < -0.3 is 5.11 Å². The summed E-state index contributed by atoms with van der Waals surface area (Å²) in [6, 6.07) is 4.06. The standard InChI is InChI=1S/C16H25NO/c1-2-14-7-3-4-8-15(14)16(18)10-9-13-6-5-11-17-12-13/h5-6,11-12,14-16,18H,2-4,7-10H2,1H3. The van der Waals surface area contributed by atoms with Crippen LogP contribution >= 0.6 is 0 Å². The second kappa shape index (κ2) is 6.89. The van der Waals surface area contributed by atoms with E-state index in [1.165, 1.54) is 37.7 Å². The number of hydrogen-bond donors (Lipinski definition) is 1. The maximum absolute atomic E-state index is 10.4. The molecule has 2 heteroatoms. The molecule has 0 aromatic carbocycles. The van der Waals surface area contributed by atoms with Crippen molar-refractivity contribution in [3.8, 4) is 0 Å². The fourth-order valence-corrected chi connectivity index (χ4v) is 3.32. The molecule has 0 aliphatic heterocycles. The van der Waals surface area contributed by atoms with Gasteiger partial charge >= 0.3 is 0 Å². The smallest absolute Gasteiger partial charge is 0.0574 e. The van der Waals surface area contributed by atoms with E-state index in [9.17, 15) is 5.11 Å². The van der Waals surface area contributed by atoms with Crippen molar-refractivity contribution < 1.29 is 5.11 Å². The zero-order chi connectivity index (χ0) is 12.8. The van der Waals surface area contributed by atoms with Crippen LogP contribution in [0, 0.1) is 11.8 Å². The summed E-state index contributed by atoms with van der Waals surface area (Å²) < 4.78 is 0. The van der Waals surface area contributed by atoms with E-state index in [4.69, 9.17) is 0 Å². The third-order valence-electron chi connectivity index (χ3n) is 4.44. The molecule has 0 spiro atoms. The van der Waals surface area contributed by atoms with Crippen molar-refractivity contribution in [2.45, 2.75) is 58.0 Å². The first-order valence-corrected chi connectivity index (χ1v) is 7.38. The zero-order valence-electron chi connectivity index (χ0n) is 11.4. The Morgan fingerprint density at radius 1 is 1.39 bits per heavy atom. The second-order valence-electron chi connectivity index (χ2n) is 5.58. The second-order valence-corrected chi connectivity index (χ2v) is 5.58. The maximum Gasteiger partial charge on any atom is 0.0574 e. The lowest BCUT2D eigenvalue weighted by Crippen LogP contribution is -2.30. The largest absolute Gasteiger partial charge is 0.393 e. The predicted molar refractivity (Wildman–Crippen MR) is 74.3 cm³/mol. The van der Waals surface area contributed by atoms with Crippen molar-refractivity contribution in [3.63, 3.8) is 0 Å². The molecule has 1 N–H and O–H groups in total. The monoisotopic (exact) mass is 247 g/mol. The average molecular weight is 247 g/mol. The summed E-state index contributed by atoms with van der Waals surface area (Å²) in [5.74, 6) is 1.27.